The average molecular weight is 336 g/mol. The molecule has 0 bridgehead atoms. The van der Waals surface area contributed by atoms with Gasteiger partial charge in [-0.3, -0.25) is 0 Å². The van der Waals surface area contributed by atoms with Crippen LogP contribution in [0.1, 0.15) is 10.4 Å². The zero-order chi connectivity index (χ0) is 14.7. The first-order chi connectivity index (χ1) is 9.49. The highest BCUT2D eigenvalue weighted by molar-refractivity contribution is 9.10. The molecule has 4 nitrogen and oxygen atoms in total. The number of aromatic hydroxyl groups is 1. The van der Waals surface area contributed by atoms with E-state index < -0.39 is 5.97 Å². The minimum absolute atomic E-state index is 0.0998. The van der Waals surface area contributed by atoms with Gasteiger partial charge in [0.05, 0.1) is 0 Å². The predicted molar refractivity (Wildman–Crippen MR) is 80.3 cm³/mol. The molecule has 0 aliphatic heterocycles. The molecule has 0 radical (unpaired) electrons. The van der Waals surface area contributed by atoms with Crippen LogP contribution in [0.3, 0.4) is 0 Å². The van der Waals surface area contributed by atoms with Crippen LogP contribution in [-0.4, -0.2) is 30.2 Å². The highest BCUT2D eigenvalue weighted by Gasteiger charge is 2.19. The third kappa shape index (κ3) is 3.18. The monoisotopic (exact) mass is 335 g/mol. The van der Waals surface area contributed by atoms with Gasteiger partial charge < -0.3 is 9.94 Å². The standard InChI is InChI=1S/C15H14BrNO3/c1-17(2)20-15(19)14-12(4-3-5-13(14)18)10-6-8-11(16)9-7-10/h3-9,18H,1-2H3. The summed E-state index contributed by atoms with van der Waals surface area (Å²) in [6, 6.07) is 12.4. The molecule has 0 aromatic heterocycles. The number of carbonyl (C=O) groups is 1. The molecule has 0 amide bonds. The molecular formula is C15H14BrNO3. The molecule has 0 aliphatic carbocycles. The minimum atomic E-state index is -0.592. The molecule has 2 aromatic rings. The maximum atomic E-state index is 12.1. The van der Waals surface area contributed by atoms with Crippen molar-refractivity contribution in [3.05, 3.63) is 52.5 Å². The van der Waals surface area contributed by atoms with E-state index in [-0.39, 0.29) is 11.3 Å². The average Bonchev–Trinajstić information content (AvgIpc) is 2.38. The van der Waals surface area contributed by atoms with Crippen molar-refractivity contribution in [2.45, 2.75) is 0 Å². The van der Waals surface area contributed by atoms with Crippen LogP contribution >= 0.6 is 15.9 Å². The minimum Gasteiger partial charge on any atom is -0.507 e. The quantitative estimate of drug-likeness (QED) is 0.872. The molecular weight excluding hydrogens is 322 g/mol. The van der Waals surface area contributed by atoms with Crippen LogP contribution in [0.4, 0.5) is 0 Å². The van der Waals surface area contributed by atoms with Gasteiger partial charge in [-0.05, 0) is 23.8 Å². The van der Waals surface area contributed by atoms with Gasteiger partial charge in [-0.15, -0.1) is 5.06 Å². The number of phenolic OH excluding ortho intramolecular Hbond substituents is 1. The van der Waals surface area contributed by atoms with Crippen LogP contribution in [0.15, 0.2) is 46.9 Å². The second-order valence-corrected chi connectivity index (χ2v) is 5.31. The van der Waals surface area contributed by atoms with Crippen molar-refractivity contribution in [1.29, 1.82) is 0 Å². The van der Waals surface area contributed by atoms with Crippen LogP contribution in [0.25, 0.3) is 11.1 Å². The van der Waals surface area contributed by atoms with Gasteiger partial charge in [0.15, 0.2) is 0 Å². The van der Waals surface area contributed by atoms with E-state index in [9.17, 15) is 9.90 Å². The number of hydrogen-bond donors (Lipinski definition) is 1. The van der Waals surface area contributed by atoms with Gasteiger partial charge in [0, 0.05) is 24.1 Å². The largest absolute Gasteiger partial charge is 0.507 e. The molecule has 2 aromatic carbocycles. The Bertz CT molecular complexity index is 624. The first kappa shape index (κ1) is 14.6. The molecule has 1 N–H and O–H groups in total. The number of benzene rings is 2. The molecule has 0 saturated carbocycles. The number of nitrogens with zero attached hydrogens (tertiary/aromatic N) is 1. The fraction of sp³-hybridized carbons (Fsp3) is 0.133. The Morgan fingerprint density at radius 2 is 1.80 bits per heavy atom. The summed E-state index contributed by atoms with van der Waals surface area (Å²) in [6.45, 7) is 0. The SMILES string of the molecule is CN(C)OC(=O)c1c(O)cccc1-c1ccc(Br)cc1. The van der Waals surface area contributed by atoms with Crippen molar-refractivity contribution >= 4 is 21.9 Å². The van der Waals surface area contributed by atoms with Gasteiger partial charge in [0.1, 0.15) is 11.3 Å². The Morgan fingerprint density at radius 1 is 1.15 bits per heavy atom. The van der Waals surface area contributed by atoms with Gasteiger partial charge in [0.2, 0.25) is 0 Å². The zero-order valence-corrected chi connectivity index (χ0v) is 12.7. The number of carbonyl (C=O) groups excluding carboxylic acids is 1. The molecule has 20 heavy (non-hydrogen) atoms. The molecule has 0 saturated heterocycles. The summed E-state index contributed by atoms with van der Waals surface area (Å²) in [5.41, 5.74) is 1.61. The Hall–Kier alpha value is -1.85. The molecule has 0 heterocycles. The summed E-state index contributed by atoms with van der Waals surface area (Å²) in [5.74, 6) is -0.691. The van der Waals surface area contributed by atoms with E-state index in [2.05, 4.69) is 15.9 Å². The topological polar surface area (TPSA) is 49.8 Å². The lowest BCUT2D eigenvalue weighted by Gasteiger charge is -2.14. The van der Waals surface area contributed by atoms with Crippen LogP contribution in [-0.2, 0) is 4.84 Å². The van der Waals surface area contributed by atoms with E-state index in [4.69, 9.17) is 4.84 Å². The normalized spacial score (nSPS) is 10.6. The Morgan fingerprint density at radius 3 is 2.40 bits per heavy atom. The molecule has 0 spiro atoms. The highest BCUT2D eigenvalue weighted by Crippen LogP contribution is 2.31. The number of halogens is 1. The zero-order valence-electron chi connectivity index (χ0n) is 11.1. The summed E-state index contributed by atoms with van der Waals surface area (Å²) in [4.78, 5) is 17.1. The van der Waals surface area contributed by atoms with Crippen molar-refractivity contribution in [3.8, 4) is 16.9 Å². The number of phenols is 1. The van der Waals surface area contributed by atoms with E-state index in [1.165, 1.54) is 11.1 Å². The van der Waals surface area contributed by atoms with Crippen molar-refractivity contribution in [2.75, 3.05) is 14.1 Å². The van der Waals surface area contributed by atoms with Crippen molar-refractivity contribution in [3.63, 3.8) is 0 Å². The van der Waals surface area contributed by atoms with Crippen LogP contribution in [0.5, 0.6) is 5.75 Å². The Kier molecular flexibility index (Phi) is 4.42. The molecule has 5 heteroatoms. The summed E-state index contributed by atoms with van der Waals surface area (Å²) in [7, 11) is 3.22. The second kappa shape index (κ2) is 6.07. The maximum Gasteiger partial charge on any atom is 0.361 e. The lowest BCUT2D eigenvalue weighted by molar-refractivity contribution is -0.0714. The van der Waals surface area contributed by atoms with Gasteiger partial charge in [-0.25, -0.2) is 4.79 Å². The summed E-state index contributed by atoms with van der Waals surface area (Å²) in [5, 5.41) is 11.3. The Balaban J connectivity index is 2.51. The fourth-order valence-corrected chi connectivity index (χ4v) is 2.10. The molecule has 2 rings (SSSR count). The number of hydroxylamine groups is 2. The summed E-state index contributed by atoms with van der Waals surface area (Å²) >= 11 is 3.36. The smallest absolute Gasteiger partial charge is 0.361 e. The maximum absolute atomic E-state index is 12.1. The van der Waals surface area contributed by atoms with E-state index in [1.54, 1.807) is 26.2 Å². The van der Waals surface area contributed by atoms with Gasteiger partial charge in [-0.2, -0.15) is 0 Å². The third-order valence-corrected chi connectivity index (χ3v) is 3.20. The van der Waals surface area contributed by atoms with Crippen molar-refractivity contribution in [1.82, 2.24) is 5.06 Å². The fourth-order valence-electron chi connectivity index (χ4n) is 1.84. The van der Waals surface area contributed by atoms with E-state index >= 15 is 0 Å². The Labute approximate surface area is 125 Å². The van der Waals surface area contributed by atoms with Gasteiger partial charge in [0.25, 0.3) is 0 Å². The van der Waals surface area contributed by atoms with Crippen LogP contribution in [0.2, 0.25) is 0 Å². The van der Waals surface area contributed by atoms with E-state index in [1.807, 2.05) is 24.3 Å². The molecule has 0 atom stereocenters. The number of hydrogen-bond acceptors (Lipinski definition) is 4. The van der Waals surface area contributed by atoms with Gasteiger partial charge >= 0.3 is 5.97 Å². The van der Waals surface area contributed by atoms with E-state index in [0.717, 1.165) is 10.0 Å². The third-order valence-electron chi connectivity index (χ3n) is 2.67. The van der Waals surface area contributed by atoms with Crippen molar-refractivity contribution in [2.24, 2.45) is 0 Å². The van der Waals surface area contributed by atoms with Crippen LogP contribution < -0.4 is 0 Å². The summed E-state index contributed by atoms with van der Waals surface area (Å²) < 4.78 is 0.943. The van der Waals surface area contributed by atoms with Crippen molar-refractivity contribution < 1.29 is 14.7 Å². The molecule has 0 aliphatic rings. The number of rotatable bonds is 3. The predicted octanol–water partition coefficient (Wildman–Crippen LogP) is 3.46. The molecule has 104 valence electrons. The molecule has 0 fully saturated rings. The van der Waals surface area contributed by atoms with Gasteiger partial charge in [-0.1, -0.05) is 40.2 Å². The lowest BCUT2D eigenvalue weighted by atomic mass is 9.99. The summed E-state index contributed by atoms with van der Waals surface area (Å²) in [6.07, 6.45) is 0. The van der Waals surface area contributed by atoms with E-state index in [0.29, 0.717) is 5.56 Å². The van der Waals surface area contributed by atoms with Crippen LogP contribution in [0, 0.1) is 0 Å². The highest BCUT2D eigenvalue weighted by atomic mass is 79.9. The molecule has 0 unspecified atom stereocenters. The first-order valence-electron chi connectivity index (χ1n) is 5.96. The first-order valence-corrected chi connectivity index (χ1v) is 6.76. The lowest BCUT2D eigenvalue weighted by Crippen LogP contribution is -2.19. The second-order valence-electron chi connectivity index (χ2n) is 4.40.